The van der Waals surface area contributed by atoms with Crippen LogP contribution in [-0.2, 0) is 4.74 Å². The van der Waals surface area contributed by atoms with E-state index in [2.05, 4.69) is 10.2 Å². The molecule has 33 heavy (non-hydrogen) atoms. The molecule has 0 bridgehead atoms. The normalized spacial score (nSPS) is 13.8. The maximum atomic E-state index is 13.2. The minimum absolute atomic E-state index is 0.0745. The van der Waals surface area contributed by atoms with E-state index in [1.165, 1.54) is 0 Å². The van der Waals surface area contributed by atoms with Gasteiger partial charge in [-0.15, -0.1) is 0 Å². The van der Waals surface area contributed by atoms with Crippen molar-refractivity contribution in [3.8, 4) is 11.3 Å². The number of pyridine rings is 1. The van der Waals surface area contributed by atoms with Crippen LogP contribution in [0.25, 0.3) is 11.3 Å². The molecule has 1 aliphatic heterocycles. The van der Waals surface area contributed by atoms with Crippen LogP contribution >= 0.6 is 0 Å². The van der Waals surface area contributed by atoms with Gasteiger partial charge in [0.1, 0.15) is 5.82 Å². The zero-order valence-electron chi connectivity index (χ0n) is 19.6. The molecule has 178 valence electrons. The molecule has 2 aromatic rings. The van der Waals surface area contributed by atoms with Gasteiger partial charge in [-0.2, -0.15) is 0 Å². The van der Waals surface area contributed by atoms with Crippen molar-refractivity contribution in [3.63, 3.8) is 0 Å². The first-order chi connectivity index (χ1) is 15.9. The van der Waals surface area contributed by atoms with Crippen LogP contribution in [0.2, 0.25) is 0 Å². The largest absolute Gasteiger partial charge is 0.395 e. The third-order valence-electron chi connectivity index (χ3n) is 5.46. The molecule has 9 nitrogen and oxygen atoms in total. The van der Waals surface area contributed by atoms with Crippen LogP contribution in [0.1, 0.15) is 20.7 Å². The molecule has 0 aliphatic carbocycles. The maximum absolute atomic E-state index is 13.2. The fraction of sp³-hybridized carbons (Fsp3) is 0.458. The van der Waals surface area contributed by atoms with Crippen LogP contribution in [0.5, 0.6) is 0 Å². The van der Waals surface area contributed by atoms with E-state index in [0.717, 1.165) is 12.1 Å². The monoisotopic (exact) mass is 455 g/mol. The molecular weight excluding hydrogens is 422 g/mol. The first kappa shape index (κ1) is 24.6. The number of likely N-dealkylation sites (N-methyl/N-ethyl adjacent to an activating group) is 2. The predicted octanol–water partition coefficient (Wildman–Crippen LogP) is 0.941. The number of nitrogens with zero attached hydrogens (tertiary/aromatic N) is 4. The Hall–Kier alpha value is -3.01. The number of hydrogen-bond acceptors (Lipinski definition) is 7. The van der Waals surface area contributed by atoms with E-state index in [4.69, 9.17) is 14.8 Å². The number of carbonyl (C=O) groups is 2. The molecule has 3 rings (SSSR count). The van der Waals surface area contributed by atoms with E-state index in [1.54, 1.807) is 30.1 Å². The van der Waals surface area contributed by atoms with Crippen molar-refractivity contribution in [1.29, 1.82) is 0 Å². The van der Waals surface area contributed by atoms with Crippen LogP contribution in [0.3, 0.4) is 0 Å². The quantitative estimate of drug-likeness (QED) is 0.581. The van der Waals surface area contributed by atoms with Gasteiger partial charge in [-0.3, -0.25) is 9.59 Å². The molecule has 2 amide bonds. The van der Waals surface area contributed by atoms with E-state index in [9.17, 15) is 9.59 Å². The number of morpholine rings is 1. The van der Waals surface area contributed by atoms with Gasteiger partial charge in [0.15, 0.2) is 0 Å². The molecule has 1 aromatic heterocycles. The van der Waals surface area contributed by atoms with Gasteiger partial charge >= 0.3 is 0 Å². The van der Waals surface area contributed by atoms with Crippen LogP contribution in [-0.4, -0.2) is 105 Å². The molecule has 1 aromatic carbocycles. The molecule has 0 saturated carbocycles. The minimum Gasteiger partial charge on any atom is -0.395 e. The van der Waals surface area contributed by atoms with Crippen LogP contribution in [0.15, 0.2) is 36.4 Å². The van der Waals surface area contributed by atoms with Gasteiger partial charge in [0.2, 0.25) is 0 Å². The SMILES string of the molecule is CN(C)CCN(C)C(=O)c1ccc(-c2cccc(C(=O)NCCO)c2)nc1N1CCOCC1. The minimum atomic E-state index is -0.256. The molecule has 1 saturated heterocycles. The second kappa shape index (κ2) is 11.7. The summed E-state index contributed by atoms with van der Waals surface area (Å²) in [5, 5.41) is 11.6. The molecule has 0 unspecified atom stereocenters. The summed E-state index contributed by atoms with van der Waals surface area (Å²) in [4.78, 5) is 36.3. The third-order valence-corrected chi connectivity index (χ3v) is 5.46. The Kier molecular flexibility index (Phi) is 8.76. The summed E-state index contributed by atoms with van der Waals surface area (Å²) in [5.41, 5.74) is 2.50. The van der Waals surface area contributed by atoms with Crippen molar-refractivity contribution in [2.45, 2.75) is 0 Å². The van der Waals surface area contributed by atoms with Gasteiger partial charge in [0.25, 0.3) is 11.8 Å². The maximum Gasteiger partial charge on any atom is 0.257 e. The Morgan fingerprint density at radius 3 is 2.58 bits per heavy atom. The highest BCUT2D eigenvalue weighted by atomic mass is 16.5. The lowest BCUT2D eigenvalue weighted by Gasteiger charge is -2.30. The average Bonchev–Trinajstić information content (AvgIpc) is 2.85. The number of hydrogen-bond donors (Lipinski definition) is 2. The number of anilines is 1. The Labute approximate surface area is 195 Å². The number of aliphatic hydroxyl groups excluding tert-OH is 1. The lowest BCUT2D eigenvalue weighted by molar-refractivity contribution is 0.0784. The average molecular weight is 456 g/mol. The summed E-state index contributed by atoms with van der Waals surface area (Å²) in [6.07, 6.45) is 0. The Balaban J connectivity index is 1.93. The van der Waals surface area contributed by atoms with Crippen LogP contribution < -0.4 is 10.2 Å². The van der Waals surface area contributed by atoms with Crippen LogP contribution in [0.4, 0.5) is 5.82 Å². The van der Waals surface area contributed by atoms with Crippen molar-refractivity contribution >= 4 is 17.6 Å². The van der Waals surface area contributed by atoms with Crippen molar-refractivity contribution in [2.24, 2.45) is 0 Å². The molecule has 0 radical (unpaired) electrons. The zero-order valence-corrected chi connectivity index (χ0v) is 19.6. The summed E-state index contributed by atoms with van der Waals surface area (Å²) in [6.45, 7) is 3.93. The molecule has 0 spiro atoms. The van der Waals surface area contributed by atoms with Crippen molar-refractivity contribution in [3.05, 3.63) is 47.5 Å². The fourth-order valence-electron chi connectivity index (χ4n) is 3.54. The number of ether oxygens (including phenoxy) is 1. The number of carbonyl (C=O) groups excluding carboxylic acids is 2. The third kappa shape index (κ3) is 6.50. The Bertz CT molecular complexity index is 960. The highest BCUT2D eigenvalue weighted by molar-refractivity contribution is 5.99. The second-order valence-electron chi connectivity index (χ2n) is 8.26. The highest BCUT2D eigenvalue weighted by Gasteiger charge is 2.23. The number of rotatable bonds is 9. The number of amides is 2. The van der Waals surface area contributed by atoms with E-state index in [0.29, 0.717) is 55.5 Å². The molecule has 2 N–H and O–H groups in total. The molecule has 0 atom stereocenters. The predicted molar refractivity (Wildman–Crippen MR) is 128 cm³/mol. The van der Waals surface area contributed by atoms with E-state index in [-0.39, 0.29) is 25.0 Å². The molecule has 9 heteroatoms. The summed E-state index contributed by atoms with van der Waals surface area (Å²) < 4.78 is 5.49. The van der Waals surface area contributed by atoms with Gasteiger partial charge in [-0.25, -0.2) is 4.98 Å². The number of nitrogens with one attached hydrogen (secondary N) is 1. The van der Waals surface area contributed by atoms with E-state index >= 15 is 0 Å². The zero-order chi connectivity index (χ0) is 23.8. The molecular formula is C24H33N5O4. The van der Waals surface area contributed by atoms with Crippen molar-refractivity contribution < 1.29 is 19.4 Å². The summed E-state index contributed by atoms with van der Waals surface area (Å²) in [5.74, 6) is 0.302. The summed E-state index contributed by atoms with van der Waals surface area (Å²) in [7, 11) is 5.76. The van der Waals surface area contributed by atoms with Gasteiger partial charge < -0.3 is 29.9 Å². The Morgan fingerprint density at radius 1 is 1.12 bits per heavy atom. The topological polar surface area (TPSA) is 98.2 Å². The number of benzene rings is 1. The number of aromatic nitrogens is 1. The second-order valence-corrected chi connectivity index (χ2v) is 8.26. The van der Waals surface area contributed by atoms with Gasteiger partial charge in [-0.1, -0.05) is 12.1 Å². The lowest BCUT2D eigenvalue weighted by atomic mass is 10.1. The first-order valence-corrected chi connectivity index (χ1v) is 11.1. The van der Waals surface area contributed by atoms with Crippen molar-refractivity contribution in [1.82, 2.24) is 20.1 Å². The highest BCUT2D eigenvalue weighted by Crippen LogP contribution is 2.27. The van der Waals surface area contributed by atoms with E-state index < -0.39 is 0 Å². The van der Waals surface area contributed by atoms with Crippen LogP contribution in [0, 0.1) is 0 Å². The summed E-state index contributed by atoms with van der Waals surface area (Å²) in [6, 6.07) is 10.8. The standard InChI is InChI=1S/C24H33N5O4/c1-27(2)10-11-28(3)24(32)20-7-8-21(26-22(20)29-12-15-33-16-13-29)18-5-4-6-19(17-18)23(31)25-9-14-30/h4-8,17,30H,9-16H2,1-3H3,(H,25,31). The summed E-state index contributed by atoms with van der Waals surface area (Å²) >= 11 is 0. The molecule has 1 aliphatic rings. The smallest absolute Gasteiger partial charge is 0.257 e. The fourth-order valence-corrected chi connectivity index (χ4v) is 3.54. The van der Waals surface area contributed by atoms with Crippen molar-refractivity contribution in [2.75, 3.05) is 78.6 Å². The first-order valence-electron chi connectivity index (χ1n) is 11.1. The lowest BCUT2D eigenvalue weighted by Crippen LogP contribution is -2.39. The van der Waals surface area contributed by atoms with Gasteiger partial charge in [-0.05, 0) is 38.4 Å². The molecule has 1 fully saturated rings. The van der Waals surface area contributed by atoms with Gasteiger partial charge in [0.05, 0.1) is 31.1 Å². The molecule has 2 heterocycles. The van der Waals surface area contributed by atoms with E-state index in [1.807, 2.05) is 37.2 Å². The Morgan fingerprint density at radius 2 is 1.88 bits per heavy atom. The number of aliphatic hydroxyl groups is 1. The van der Waals surface area contributed by atoms with Gasteiger partial charge in [0, 0.05) is 50.9 Å².